The molecule has 5 aliphatic heterocycles. The Morgan fingerprint density at radius 1 is 0.504 bits per heavy atom. The molecule has 0 bridgehead atoms. The number of terminal acetylenes is 1. The summed E-state index contributed by atoms with van der Waals surface area (Å²) < 4.78 is 93.3. The molecule has 0 spiro atoms. The van der Waals surface area contributed by atoms with E-state index in [2.05, 4.69) is 114 Å². The number of rotatable bonds is 20. The molecule has 10 atom stereocenters. The summed E-state index contributed by atoms with van der Waals surface area (Å²) in [6.07, 6.45) is 9.08. The van der Waals surface area contributed by atoms with Crippen molar-refractivity contribution < 1.29 is 80.6 Å². The number of aromatic nitrogens is 6. The molecule has 8 heterocycles. The Morgan fingerprint density at radius 3 is 1.15 bits per heavy atom. The van der Waals surface area contributed by atoms with Crippen LogP contribution in [0.25, 0.3) is 49.0 Å². The lowest BCUT2D eigenvalue weighted by Crippen LogP contribution is -2.54. The van der Waals surface area contributed by atoms with Gasteiger partial charge in [0.2, 0.25) is 35.7 Å². The first-order valence-corrected chi connectivity index (χ1v) is 40.2. The van der Waals surface area contributed by atoms with Crippen molar-refractivity contribution in [3.63, 3.8) is 0 Å². The minimum atomic E-state index is -3.10. The van der Waals surface area contributed by atoms with Crippen LogP contribution in [0, 0.1) is 61.0 Å². The topological polar surface area (TPSA) is 342 Å². The highest BCUT2D eigenvalue weighted by atomic mass is 79.9. The van der Waals surface area contributed by atoms with Crippen LogP contribution in [0.4, 0.5) is 41.1 Å². The molecule has 0 radical (unpaired) electrons. The molecule has 0 aliphatic carbocycles. The number of amides is 8. The number of H-pyrrole nitrogens is 3. The third kappa shape index (κ3) is 23.6. The molecule has 8 amide bonds. The van der Waals surface area contributed by atoms with Crippen molar-refractivity contribution in [2.45, 2.75) is 160 Å². The average molecular weight is 1760 g/mol. The lowest BCUT2D eigenvalue weighted by molar-refractivity contribution is -0.137. The SMILES string of the molecule is C#Cc1ccc(-c2cnc([C@@H]3CC(F)(F)CN3C(=O)[C@@H](NC(=O)OC)C(C)C)[nH]2)cc1.[2H]CF.[C-]#[N+][C@H]1C[C@@H](c2ncc(-c3ccc(Br)cc3)[nH]2)N(C(=O)[C@@H](NC(=O)OC)C(C)C)C1.[C-]#[N+][C@H]1C[C@@H](c2ncc(-c3ccc(C#Cc4ccc(C5=CN=C([C@@H]6CC(F)(F)CN6C(=O)[C@@H](NC(=O)OC)C(C)C)C5)cc4)cc3)[nH]2)N(C(=O)[C@@H](NC(=O)OC)C(C)C)C1. The van der Waals surface area contributed by atoms with E-state index in [4.69, 9.17) is 25.7 Å². The van der Waals surface area contributed by atoms with Crippen LogP contribution in [0.5, 0.6) is 0 Å². The van der Waals surface area contributed by atoms with Gasteiger partial charge in [0.15, 0.2) is 0 Å². The number of alkyl carbamates (subject to hydrolysis) is 4. The van der Waals surface area contributed by atoms with Crippen LogP contribution in [-0.2, 0) is 38.1 Å². The lowest BCUT2D eigenvalue weighted by Gasteiger charge is -2.30. The predicted molar refractivity (Wildman–Crippen MR) is 452 cm³/mol. The molecular formula is C88H99BrF5N17O12. The third-order valence-electron chi connectivity index (χ3n) is 21.4. The van der Waals surface area contributed by atoms with Gasteiger partial charge in [-0.2, -0.15) is 0 Å². The zero-order valence-electron chi connectivity index (χ0n) is 70.9. The second kappa shape index (κ2) is 42.1. The van der Waals surface area contributed by atoms with Gasteiger partial charge in [0.05, 0.1) is 136 Å². The first kappa shape index (κ1) is 92.4. The van der Waals surface area contributed by atoms with Gasteiger partial charge in [0.25, 0.3) is 11.8 Å². The van der Waals surface area contributed by atoms with E-state index in [1.807, 2.05) is 100 Å². The lowest BCUT2D eigenvalue weighted by atomic mass is 9.96. The van der Waals surface area contributed by atoms with Gasteiger partial charge in [0, 0.05) is 52.3 Å². The summed E-state index contributed by atoms with van der Waals surface area (Å²) in [5.41, 5.74) is 9.20. The molecule has 650 valence electrons. The number of nitrogens with zero attached hydrogens (tertiary/aromatic N) is 10. The molecule has 7 N–H and O–H groups in total. The maximum atomic E-state index is 14.8. The van der Waals surface area contributed by atoms with E-state index in [-0.39, 0.29) is 59.9 Å². The zero-order chi connectivity index (χ0) is 90.6. The summed E-state index contributed by atoms with van der Waals surface area (Å²) in [5.74, 6) is 1.34. The molecule has 4 fully saturated rings. The normalized spacial score (nSPS) is 19.5. The number of alkyl halides is 5. The molecule has 123 heavy (non-hydrogen) atoms. The highest BCUT2D eigenvalue weighted by Crippen LogP contribution is 2.43. The monoisotopic (exact) mass is 1760 g/mol. The fraction of sp³-hybridized carbons (Fsp3) is 0.432. The van der Waals surface area contributed by atoms with Crippen molar-refractivity contribution in [2.24, 2.45) is 28.7 Å². The number of imidazole rings is 3. The fourth-order valence-electron chi connectivity index (χ4n) is 14.8. The number of carbonyl (C=O) groups is 8. The van der Waals surface area contributed by atoms with Gasteiger partial charge in [-0.3, -0.25) is 28.6 Å². The molecule has 3 aromatic heterocycles. The van der Waals surface area contributed by atoms with E-state index in [1.54, 1.807) is 80.4 Å². The van der Waals surface area contributed by atoms with Gasteiger partial charge in [-0.05, 0) is 100 Å². The van der Waals surface area contributed by atoms with Crippen LogP contribution in [0.1, 0.15) is 147 Å². The number of halogens is 6. The van der Waals surface area contributed by atoms with Crippen molar-refractivity contribution in [2.75, 3.05) is 61.8 Å². The molecule has 4 saturated heterocycles. The maximum Gasteiger partial charge on any atom is 0.407 e. The molecule has 12 rings (SSSR count). The standard InChI is InChI=1S/C44H48F2N8O6.C22H24F2N4O3.C21H24BrN5O3.CH3F/c1-25(2)37(51-42(57)59-6)40(55)53-23-32(47-5)19-35(53)39-49-22-34(50-39)30-16-12-28(13-17-30)9-8-27-10-14-29(15-11-27)31-18-33(48-21-31)36-20-44(45,46)24-54(36)41(56)38(26(3)4)52-43(58)60-7;1-5-14-6-8-15(9-7-14)16-11-25-19(26-16)17-10-22(23,24)12-28(17)20(29)18(13(2)3)27-21(30)31-4;1-12(2)18(26-21(29)30-4)20(28)27-11-15(23-3)9-17(27)19-24-10-16(25-19)13-5-7-14(22)8-6-13;1-2/h10-17,21-22,25-26,32,35-38H,18-20,23-24H2,1-4,6-7H3,(H,49,50)(H,51,57)(H,52,58);1,6-9,11,13,17-18H,10,12H2,2-4H3,(H,25,26)(H,27,30);5-8,10,12,15,17-18H,9,11H2,1-2,4H3,(H,24,25)(H,26,29);1H3/t32-,35-,36-,37-,38-;17-,18-;15-,17-,18-;/m000./s1/i;;;1D. The Bertz CT molecular complexity index is 5210. The van der Waals surface area contributed by atoms with Gasteiger partial charge < -0.3 is 84.5 Å². The maximum absolute atomic E-state index is 14.8. The van der Waals surface area contributed by atoms with Crippen LogP contribution < -0.4 is 21.3 Å². The molecule has 5 aliphatic rings. The number of aromatic amines is 3. The highest BCUT2D eigenvalue weighted by Gasteiger charge is 2.53. The molecule has 0 unspecified atom stereocenters. The molecule has 4 aromatic carbocycles. The predicted octanol–water partition coefficient (Wildman–Crippen LogP) is 13.9. The zero-order valence-corrected chi connectivity index (χ0v) is 71.5. The molecule has 7 aromatic rings. The first-order valence-electron chi connectivity index (χ1n) is 40.1. The minimum Gasteiger partial charge on any atom is -0.453 e. The largest absolute Gasteiger partial charge is 0.453 e. The summed E-state index contributed by atoms with van der Waals surface area (Å²) >= 11 is 3.43. The minimum absolute atomic E-state index is 0.140. The summed E-state index contributed by atoms with van der Waals surface area (Å²) in [4.78, 5) is 141. The highest BCUT2D eigenvalue weighted by molar-refractivity contribution is 9.10. The molecule has 35 heteroatoms. The van der Waals surface area contributed by atoms with Crippen molar-refractivity contribution in [3.8, 4) is 58.0 Å². The quantitative estimate of drug-likeness (QED) is 0.0161. The second-order valence-corrected chi connectivity index (χ2v) is 32.1. The first-order chi connectivity index (χ1) is 59.0. The summed E-state index contributed by atoms with van der Waals surface area (Å²) in [6, 6.07) is 23.1. The number of ether oxygens (including phenoxy) is 4. The van der Waals surface area contributed by atoms with Gasteiger partial charge in [0.1, 0.15) is 41.6 Å². The van der Waals surface area contributed by atoms with Gasteiger partial charge in [-0.1, -0.05) is 138 Å². The van der Waals surface area contributed by atoms with Crippen molar-refractivity contribution in [1.29, 1.82) is 0 Å². The second-order valence-electron chi connectivity index (χ2n) is 31.2. The van der Waals surface area contributed by atoms with Crippen molar-refractivity contribution in [3.05, 3.63) is 189 Å². The Balaban J connectivity index is 0.000000228. The average Bonchev–Trinajstić information content (AvgIpc) is 1.65. The number of allylic oxidation sites excluding steroid dienone is 1. The molecular weight excluding hydrogens is 1660 g/mol. The van der Waals surface area contributed by atoms with Gasteiger partial charge in [-0.15, -0.1) is 6.42 Å². The smallest absolute Gasteiger partial charge is 0.407 e. The Hall–Kier alpha value is -12.9. The summed E-state index contributed by atoms with van der Waals surface area (Å²) in [6.45, 7) is 28.3. The van der Waals surface area contributed by atoms with Gasteiger partial charge in [-0.25, -0.2) is 64.8 Å². The Morgan fingerprint density at radius 2 is 0.813 bits per heavy atom. The number of hydrogen-bond donors (Lipinski definition) is 7. The van der Waals surface area contributed by atoms with E-state index in [0.717, 1.165) is 64.6 Å². The number of methoxy groups -OCH3 is 4. The van der Waals surface area contributed by atoms with Crippen LogP contribution >= 0.6 is 15.9 Å². The van der Waals surface area contributed by atoms with Gasteiger partial charge >= 0.3 is 24.4 Å². The Labute approximate surface area is 720 Å². The molecule has 29 nitrogen and oxygen atoms in total. The van der Waals surface area contributed by atoms with Crippen LogP contribution in [-0.4, -0.2) is 219 Å². The van der Waals surface area contributed by atoms with E-state index in [0.29, 0.717) is 54.4 Å². The number of nitrogens with one attached hydrogen (secondary N) is 7. The van der Waals surface area contributed by atoms with E-state index in [1.165, 1.54) is 34.6 Å². The van der Waals surface area contributed by atoms with Crippen molar-refractivity contribution in [1.82, 2.24) is 70.8 Å². The summed E-state index contributed by atoms with van der Waals surface area (Å²) in [7, 11) is 3.85. The number of hydrogen-bond acceptors (Lipinski definition) is 16. The van der Waals surface area contributed by atoms with Crippen LogP contribution in [0.15, 0.2) is 131 Å². The number of benzene rings is 4. The van der Waals surface area contributed by atoms with E-state index >= 15 is 0 Å². The van der Waals surface area contributed by atoms with Crippen molar-refractivity contribution >= 4 is 75.2 Å². The number of carbonyl (C=O) groups excluding carboxylic acids is 8. The van der Waals surface area contributed by atoms with E-state index < -0.39 is 129 Å². The van der Waals surface area contributed by atoms with Crippen LogP contribution in [0.3, 0.4) is 0 Å². The molecule has 0 saturated carbocycles. The third-order valence-corrected chi connectivity index (χ3v) is 21.9. The summed E-state index contributed by atoms with van der Waals surface area (Å²) in [5, 5.41) is 10.2. The number of aliphatic imine (C=N–C) groups is 1. The Kier molecular flexibility index (Phi) is 31.6. The fourth-order valence-corrected chi connectivity index (χ4v) is 15.0. The van der Waals surface area contributed by atoms with E-state index in [9.17, 15) is 60.3 Å². The number of likely N-dealkylation sites (tertiary alicyclic amines) is 4. The van der Waals surface area contributed by atoms with Crippen LogP contribution in [0.2, 0.25) is 0 Å².